The second-order valence-corrected chi connectivity index (χ2v) is 16.3. The molecule has 0 bridgehead atoms. The summed E-state index contributed by atoms with van der Waals surface area (Å²) < 4.78 is 0. The summed E-state index contributed by atoms with van der Waals surface area (Å²) in [5.74, 6) is 1.42. The van der Waals surface area contributed by atoms with Crippen LogP contribution in [-0.4, -0.2) is 82.2 Å². The van der Waals surface area contributed by atoms with Gasteiger partial charge in [0.25, 0.3) is 0 Å². The molecule has 14 heteroatoms. The molecule has 1 aromatic carbocycles. The predicted molar refractivity (Wildman–Crippen MR) is 201 cm³/mol. The van der Waals surface area contributed by atoms with Gasteiger partial charge in [-0.1, -0.05) is 11.6 Å². The standard InChI is InChI=1S/C22H23N5OS2.C13H14ClN3OS/c1-27(2)22(28)12-4-5-15-17(7-12)30-21-19(15)20(24-11-25-21)26-16-6-13-9-23-10-14(13)8-18(16)29-3;1-17(2)13(18)7-3-4-8-9(5-7)19-12-10(8)11(14)15-6-16-12/h6,8-9,11-12H,4-5,7,10H2,1-3H3,(H,24,25,26);6-7H,3-5H2,1-2H3/t12-;7-/m00/s1. The van der Waals surface area contributed by atoms with E-state index in [4.69, 9.17) is 11.6 Å². The molecule has 4 aromatic heterocycles. The highest BCUT2D eigenvalue weighted by Crippen LogP contribution is 2.42. The van der Waals surface area contributed by atoms with Crippen LogP contribution in [0.25, 0.3) is 20.4 Å². The highest BCUT2D eigenvalue weighted by Gasteiger charge is 2.31. The summed E-state index contributed by atoms with van der Waals surface area (Å²) in [7, 11) is 7.29. The smallest absolute Gasteiger partial charge is 0.225 e. The molecule has 2 atom stereocenters. The number of hydrogen-bond donors (Lipinski definition) is 1. The number of aliphatic imine (C=N–C) groups is 1. The summed E-state index contributed by atoms with van der Waals surface area (Å²) in [6.07, 6.45) is 12.2. The Balaban J connectivity index is 0.000000171. The van der Waals surface area contributed by atoms with Crippen molar-refractivity contribution >= 4 is 96.0 Å². The second kappa shape index (κ2) is 13.9. The molecule has 2 aliphatic carbocycles. The van der Waals surface area contributed by atoms with Gasteiger partial charge in [0, 0.05) is 60.9 Å². The van der Waals surface area contributed by atoms with Crippen molar-refractivity contribution in [2.24, 2.45) is 16.8 Å². The van der Waals surface area contributed by atoms with Crippen LogP contribution in [-0.2, 0) is 41.8 Å². The number of nitrogens with one attached hydrogen (secondary N) is 1. The average molecular weight is 733 g/mol. The van der Waals surface area contributed by atoms with Crippen LogP contribution in [0.2, 0.25) is 5.15 Å². The van der Waals surface area contributed by atoms with E-state index in [0.29, 0.717) is 5.15 Å². The zero-order chi connectivity index (χ0) is 34.4. The lowest BCUT2D eigenvalue weighted by atomic mass is 9.87. The molecule has 0 spiro atoms. The molecule has 0 fully saturated rings. The molecule has 0 saturated carbocycles. The van der Waals surface area contributed by atoms with Gasteiger partial charge in [-0.3, -0.25) is 14.6 Å². The molecule has 5 heterocycles. The Labute approximate surface area is 302 Å². The summed E-state index contributed by atoms with van der Waals surface area (Å²) in [5.41, 5.74) is 6.02. The first-order chi connectivity index (χ1) is 23.6. The first-order valence-corrected chi connectivity index (χ1v) is 19.4. The minimum atomic E-state index is 0.0593. The number of hydrogen-bond acceptors (Lipinski definition) is 11. The van der Waals surface area contributed by atoms with Gasteiger partial charge in [0.1, 0.15) is 33.3 Å². The highest BCUT2D eigenvalue weighted by atomic mass is 35.5. The third-order valence-electron chi connectivity index (χ3n) is 9.43. The van der Waals surface area contributed by atoms with Crippen LogP contribution in [0.5, 0.6) is 0 Å². The lowest BCUT2D eigenvalue weighted by molar-refractivity contribution is -0.134. The van der Waals surface area contributed by atoms with E-state index in [1.165, 1.54) is 37.7 Å². The fraction of sp³-hybridized carbons (Fsp3) is 0.400. The van der Waals surface area contributed by atoms with E-state index >= 15 is 0 Å². The number of carbonyl (C=O) groups excluding carboxylic acids is 2. The summed E-state index contributed by atoms with van der Waals surface area (Å²) >= 11 is 11.2. The predicted octanol–water partition coefficient (Wildman–Crippen LogP) is 6.82. The second-order valence-electron chi connectivity index (χ2n) is 12.9. The third kappa shape index (κ3) is 6.53. The normalized spacial score (nSPS) is 17.6. The Morgan fingerprint density at radius 2 is 1.45 bits per heavy atom. The lowest BCUT2D eigenvalue weighted by Crippen LogP contribution is -2.32. The van der Waals surface area contributed by atoms with Gasteiger partial charge < -0.3 is 15.1 Å². The number of aromatic nitrogens is 4. The van der Waals surface area contributed by atoms with E-state index in [-0.39, 0.29) is 23.7 Å². The minimum absolute atomic E-state index is 0.0593. The molecule has 2 amide bonds. The molecule has 254 valence electrons. The minimum Gasteiger partial charge on any atom is -0.349 e. The molecular weight excluding hydrogens is 696 g/mol. The number of amides is 2. The van der Waals surface area contributed by atoms with Crippen LogP contribution in [0.15, 0.2) is 34.7 Å². The number of thiophene rings is 2. The Bertz CT molecular complexity index is 2130. The zero-order valence-corrected chi connectivity index (χ0v) is 31.2. The molecule has 1 aliphatic heterocycles. The summed E-state index contributed by atoms with van der Waals surface area (Å²) in [6.45, 7) is 0.756. The maximum absolute atomic E-state index is 12.5. The van der Waals surface area contributed by atoms with Crippen LogP contribution < -0.4 is 5.32 Å². The van der Waals surface area contributed by atoms with Crippen molar-refractivity contribution in [2.45, 2.75) is 50.0 Å². The third-order valence-corrected chi connectivity index (χ3v) is 12.8. The van der Waals surface area contributed by atoms with E-state index in [9.17, 15) is 9.59 Å². The van der Waals surface area contributed by atoms with E-state index in [2.05, 4.69) is 48.6 Å². The maximum atomic E-state index is 12.5. The number of fused-ring (bicyclic) bond motifs is 7. The van der Waals surface area contributed by atoms with Crippen LogP contribution >= 0.6 is 46.0 Å². The van der Waals surface area contributed by atoms with Gasteiger partial charge in [0.2, 0.25) is 11.8 Å². The van der Waals surface area contributed by atoms with Crippen molar-refractivity contribution < 1.29 is 9.59 Å². The maximum Gasteiger partial charge on any atom is 0.225 e. The number of benzene rings is 1. The average Bonchev–Trinajstić information content (AvgIpc) is 3.82. The highest BCUT2D eigenvalue weighted by molar-refractivity contribution is 7.98. The molecule has 5 aromatic rings. The summed E-state index contributed by atoms with van der Waals surface area (Å²) in [6, 6.07) is 4.38. The van der Waals surface area contributed by atoms with Crippen molar-refractivity contribution in [1.29, 1.82) is 0 Å². The van der Waals surface area contributed by atoms with E-state index in [0.717, 1.165) is 82.6 Å². The number of halogens is 1. The van der Waals surface area contributed by atoms with E-state index in [1.807, 2.05) is 34.4 Å². The molecule has 49 heavy (non-hydrogen) atoms. The van der Waals surface area contributed by atoms with Gasteiger partial charge in [0.05, 0.1) is 23.0 Å². The molecule has 8 rings (SSSR count). The number of anilines is 2. The Morgan fingerprint density at radius 3 is 2.06 bits per heavy atom. The Kier molecular flexibility index (Phi) is 9.62. The van der Waals surface area contributed by atoms with Crippen molar-refractivity contribution in [2.75, 3.05) is 39.8 Å². The van der Waals surface area contributed by atoms with Crippen molar-refractivity contribution in [1.82, 2.24) is 29.7 Å². The van der Waals surface area contributed by atoms with Crippen LogP contribution in [0.3, 0.4) is 0 Å². The molecule has 0 unspecified atom stereocenters. The molecule has 1 N–H and O–H groups in total. The number of rotatable bonds is 5. The number of thioether (sulfide) groups is 1. The van der Waals surface area contributed by atoms with Gasteiger partial charge in [0.15, 0.2) is 0 Å². The topological polar surface area (TPSA) is 117 Å². The van der Waals surface area contributed by atoms with Crippen molar-refractivity contribution in [3.05, 3.63) is 61.9 Å². The molecular formula is C35H37ClN8O2S3. The Morgan fingerprint density at radius 1 is 0.857 bits per heavy atom. The van der Waals surface area contributed by atoms with Crippen LogP contribution in [0.4, 0.5) is 11.5 Å². The fourth-order valence-corrected chi connectivity index (χ4v) is 10.4. The lowest BCUT2D eigenvalue weighted by Gasteiger charge is -2.24. The van der Waals surface area contributed by atoms with Gasteiger partial charge in [-0.15, -0.1) is 34.4 Å². The van der Waals surface area contributed by atoms with Gasteiger partial charge >= 0.3 is 0 Å². The first-order valence-electron chi connectivity index (χ1n) is 16.2. The molecule has 3 aliphatic rings. The number of carbonyl (C=O) groups is 2. The molecule has 0 radical (unpaired) electrons. The zero-order valence-electron chi connectivity index (χ0n) is 28.0. The quantitative estimate of drug-likeness (QED) is 0.155. The van der Waals surface area contributed by atoms with Gasteiger partial charge in [-0.05, 0) is 79.2 Å². The van der Waals surface area contributed by atoms with E-state index < -0.39 is 0 Å². The van der Waals surface area contributed by atoms with Crippen LogP contribution in [0, 0.1) is 11.8 Å². The first kappa shape index (κ1) is 33.8. The number of aryl methyl sites for hydroxylation is 2. The summed E-state index contributed by atoms with van der Waals surface area (Å²) in [4.78, 5) is 55.4. The van der Waals surface area contributed by atoms with Crippen molar-refractivity contribution in [3.63, 3.8) is 0 Å². The fourth-order valence-electron chi connectivity index (χ4n) is 6.96. The van der Waals surface area contributed by atoms with Crippen molar-refractivity contribution in [3.8, 4) is 0 Å². The van der Waals surface area contributed by atoms with Gasteiger partial charge in [-0.25, -0.2) is 19.9 Å². The number of nitrogens with zero attached hydrogens (tertiary/aromatic N) is 7. The van der Waals surface area contributed by atoms with Crippen LogP contribution in [0.1, 0.15) is 44.8 Å². The SMILES string of the molecule is CN(C)C(=O)[C@H]1CCc2c(sc3ncnc(Cl)c23)C1.CSc1cc2c(cc1Nc1ncnc3sc4c(c13)CC[C@H](C(=O)N(C)C)C4)C=NC2. The monoisotopic (exact) mass is 732 g/mol. The van der Waals surface area contributed by atoms with Gasteiger partial charge in [-0.2, -0.15) is 0 Å². The summed E-state index contributed by atoms with van der Waals surface area (Å²) in [5, 5.41) is 6.20. The largest absolute Gasteiger partial charge is 0.349 e. The molecule has 10 nitrogen and oxygen atoms in total. The molecule has 0 saturated heterocycles. The Hall–Kier alpha value is -3.65. The van der Waals surface area contributed by atoms with E-state index in [1.54, 1.807) is 50.6 Å².